The van der Waals surface area contributed by atoms with Gasteiger partial charge in [0.2, 0.25) is 0 Å². The van der Waals surface area contributed by atoms with Crippen molar-refractivity contribution in [3.63, 3.8) is 0 Å². The Kier molecular flexibility index (Phi) is 5.77. The number of nitrogens with one attached hydrogen (secondary N) is 1. The summed E-state index contributed by atoms with van der Waals surface area (Å²) in [5.41, 5.74) is 0. The molecule has 5 nitrogen and oxygen atoms in total. The first-order valence-electron chi connectivity index (χ1n) is 5.43. The van der Waals surface area contributed by atoms with Crippen LogP contribution in [0.1, 0.15) is 9.75 Å². The Morgan fingerprint density at radius 1 is 1.39 bits per heavy atom. The molecule has 0 radical (unpaired) electrons. The highest BCUT2D eigenvalue weighted by molar-refractivity contribution is 7.90. The molecule has 1 aromatic rings. The lowest BCUT2D eigenvalue weighted by Gasteiger charge is -2.01. The molecular formula is C11H17NO4S2. The number of methoxy groups -OCH3 is 1. The van der Waals surface area contributed by atoms with E-state index in [1.165, 1.54) is 24.7 Å². The SMILES string of the molecule is COC(=O)Cc1ccc(CNCCS(C)(=O)=O)s1. The van der Waals surface area contributed by atoms with Crippen molar-refractivity contribution < 1.29 is 17.9 Å². The Hall–Kier alpha value is -0.920. The summed E-state index contributed by atoms with van der Waals surface area (Å²) in [5.74, 6) is -0.124. The summed E-state index contributed by atoms with van der Waals surface area (Å²) in [7, 11) is -1.55. The smallest absolute Gasteiger partial charge is 0.310 e. The predicted octanol–water partition coefficient (Wildman–Crippen LogP) is 0.598. The predicted molar refractivity (Wildman–Crippen MR) is 71.5 cm³/mol. The summed E-state index contributed by atoms with van der Waals surface area (Å²) in [5, 5.41) is 3.05. The first-order valence-corrected chi connectivity index (χ1v) is 8.31. The summed E-state index contributed by atoms with van der Waals surface area (Å²) in [4.78, 5) is 13.1. The first-order chi connectivity index (χ1) is 8.40. The molecule has 0 aliphatic rings. The molecule has 1 N–H and O–H groups in total. The molecule has 1 heterocycles. The van der Waals surface area contributed by atoms with Gasteiger partial charge in [-0.1, -0.05) is 0 Å². The Labute approximate surface area is 111 Å². The van der Waals surface area contributed by atoms with Crippen molar-refractivity contribution in [1.82, 2.24) is 5.32 Å². The molecule has 0 spiro atoms. The maximum atomic E-state index is 11.1. The van der Waals surface area contributed by atoms with Gasteiger partial charge in [0, 0.05) is 29.1 Å². The van der Waals surface area contributed by atoms with Crippen molar-refractivity contribution in [2.24, 2.45) is 0 Å². The second-order valence-corrected chi connectivity index (χ2v) is 7.44. The quantitative estimate of drug-likeness (QED) is 0.588. The molecule has 1 rings (SSSR count). The van der Waals surface area contributed by atoms with E-state index in [0.29, 0.717) is 13.1 Å². The largest absolute Gasteiger partial charge is 0.469 e. The Morgan fingerprint density at radius 2 is 2.06 bits per heavy atom. The fourth-order valence-electron chi connectivity index (χ4n) is 1.30. The van der Waals surface area contributed by atoms with Gasteiger partial charge >= 0.3 is 5.97 Å². The third-order valence-electron chi connectivity index (χ3n) is 2.21. The number of ether oxygens (including phenoxy) is 1. The molecule has 18 heavy (non-hydrogen) atoms. The minimum absolute atomic E-state index is 0.132. The van der Waals surface area contributed by atoms with Gasteiger partial charge in [0.25, 0.3) is 0 Å². The van der Waals surface area contributed by atoms with Crippen molar-refractivity contribution in [3.05, 3.63) is 21.9 Å². The van der Waals surface area contributed by atoms with Gasteiger partial charge in [-0.05, 0) is 12.1 Å². The van der Waals surface area contributed by atoms with Crippen molar-refractivity contribution >= 4 is 27.1 Å². The molecule has 0 aliphatic carbocycles. The highest BCUT2D eigenvalue weighted by Gasteiger charge is 2.06. The fourth-order valence-corrected chi connectivity index (χ4v) is 2.78. The average Bonchev–Trinajstić information content (AvgIpc) is 2.71. The van der Waals surface area contributed by atoms with Gasteiger partial charge in [-0.15, -0.1) is 11.3 Å². The van der Waals surface area contributed by atoms with Crippen LogP contribution in [-0.4, -0.2) is 40.1 Å². The molecule has 1 aromatic heterocycles. The van der Waals surface area contributed by atoms with Crippen LogP contribution in [0.4, 0.5) is 0 Å². The van der Waals surface area contributed by atoms with Gasteiger partial charge in [-0.3, -0.25) is 4.79 Å². The second kappa shape index (κ2) is 6.86. The van der Waals surface area contributed by atoms with E-state index in [9.17, 15) is 13.2 Å². The van der Waals surface area contributed by atoms with Crippen LogP contribution < -0.4 is 5.32 Å². The zero-order valence-electron chi connectivity index (χ0n) is 10.4. The Balaban J connectivity index is 2.33. The zero-order chi connectivity index (χ0) is 13.6. The van der Waals surface area contributed by atoms with Crippen molar-refractivity contribution in [2.75, 3.05) is 25.7 Å². The lowest BCUT2D eigenvalue weighted by atomic mass is 10.3. The monoisotopic (exact) mass is 291 g/mol. The van der Waals surface area contributed by atoms with E-state index < -0.39 is 9.84 Å². The number of rotatable bonds is 7. The molecule has 0 unspecified atom stereocenters. The summed E-state index contributed by atoms with van der Waals surface area (Å²) in [6.07, 6.45) is 1.50. The molecule has 0 fully saturated rings. The summed E-state index contributed by atoms with van der Waals surface area (Å²) < 4.78 is 26.4. The molecule has 0 saturated carbocycles. The van der Waals surface area contributed by atoms with Crippen molar-refractivity contribution in [3.8, 4) is 0 Å². The number of hydrogen-bond donors (Lipinski definition) is 1. The van der Waals surface area contributed by atoms with Gasteiger partial charge in [-0.2, -0.15) is 0 Å². The van der Waals surface area contributed by atoms with Crippen LogP contribution in [0.3, 0.4) is 0 Å². The van der Waals surface area contributed by atoms with Gasteiger partial charge < -0.3 is 10.1 Å². The molecule has 0 aliphatic heterocycles. The molecule has 0 atom stereocenters. The normalized spacial score (nSPS) is 11.4. The summed E-state index contributed by atoms with van der Waals surface area (Å²) in [6, 6.07) is 3.81. The van der Waals surface area contributed by atoms with Gasteiger partial charge in [0.05, 0.1) is 19.3 Å². The van der Waals surface area contributed by atoms with Crippen LogP contribution in [0.25, 0.3) is 0 Å². The zero-order valence-corrected chi connectivity index (χ0v) is 12.1. The number of carbonyl (C=O) groups is 1. The number of sulfone groups is 1. The Bertz CT molecular complexity index is 493. The summed E-state index contributed by atoms with van der Waals surface area (Å²) >= 11 is 1.52. The third kappa shape index (κ3) is 6.13. The molecule has 0 saturated heterocycles. The van der Waals surface area contributed by atoms with E-state index in [4.69, 9.17) is 0 Å². The van der Waals surface area contributed by atoms with E-state index in [2.05, 4.69) is 10.1 Å². The maximum Gasteiger partial charge on any atom is 0.310 e. The second-order valence-electron chi connectivity index (χ2n) is 3.93. The molecule has 0 bridgehead atoms. The molecule has 102 valence electrons. The third-order valence-corrected chi connectivity index (χ3v) is 4.24. The van der Waals surface area contributed by atoms with Crippen LogP contribution in [0, 0.1) is 0 Å². The van der Waals surface area contributed by atoms with Gasteiger partial charge in [-0.25, -0.2) is 8.42 Å². The highest BCUT2D eigenvalue weighted by atomic mass is 32.2. The standard InChI is InChI=1S/C11H17NO4S2/c1-16-11(13)7-9-3-4-10(17-9)8-12-5-6-18(2,14)15/h3-4,12H,5-8H2,1-2H3. The van der Waals surface area contributed by atoms with E-state index in [-0.39, 0.29) is 18.1 Å². The van der Waals surface area contributed by atoms with Gasteiger partial charge in [0.15, 0.2) is 0 Å². The highest BCUT2D eigenvalue weighted by Crippen LogP contribution is 2.17. The minimum Gasteiger partial charge on any atom is -0.469 e. The van der Waals surface area contributed by atoms with Crippen molar-refractivity contribution in [2.45, 2.75) is 13.0 Å². The summed E-state index contributed by atoms with van der Waals surface area (Å²) in [6.45, 7) is 1.05. The minimum atomic E-state index is -2.91. The first kappa shape index (κ1) is 15.1. The molecule has 7 heteroatoms. The van der Waals surface area contributed by atoms with E-state index in [0.717, 1.165) is 9.75 Å². The average molecular weight is 291 g/mol. The number of thiophene rings is 1. The van der Waals surface area contributed by atoms with E-state index in [1.54, 1.807) is 0 Å². The van der Waals surface area contributed by atoms with E-state index >= 15 is 0 Å². The lowest BCUT2D eigenvalue weighted by Crippen LogP contribution is -2.21. The molecule has 0 amide bonds. The van der Waals surface area contributed by atoms with Crippen LogP contribution in [0.15, 0.2) is 12.1 Å². The van der Waals surface area contributed by atoms with Crippen LogP contribution >= 0.6 is 11.3 Å². The van der Waals surface area contributed by atoms with Crippen LogP contribution in [0.2, 0.25) is 0 Å². The maximum absolute atomic E-state index is 11.1. The fraction of sp³-hybridized carbons (Fsp3) is 0.545. The molecular weight excluding hydrogens is 274 g/mol. The van der Waals surface area contributed by atoms with Crippen LogP contribution in [0.5, 0.6) is 0 Å². The Morgan fingerprint density at radius 3 is 2.67 bits per heavy atom. The number of esters is 1. The number of carbonyl (C=O) groups excluding carboxylic acids is 1. The van der Waals surface area contributed by atoms with Gasteiger partial charge in [0.1, 0.15) is 9.84 Å². The number of hydrogen-bond acceptors (Lipinski definition) is 6. The van der Waals surface area contributed by atoms with E-state index in [1.807, 2.05) is 12.1 Å². The van der Waals surface area contributed by atoms with Crippen LogP contribution in [-0.2, 0) is 32.3 Å². The topological polar surface area (TPSA) is 72.5 Å². The lowest BCUT2D eigenvalue weighted by molar-refractivity contribution is -0.139. The molecule has 0 aromatic carbocycles. The van der Waals surface area contributed by atoms with Crippen molar-refractivity contribution in [1.29, 1.82) is 0 Å².